The van der Waals surface area contributed by atoms with Crippen molar-refractivity contribution in [2.45, 2.75) is 44.3 Å². The molecule has 0 saturated carbocycles. The van der Waals surface area contributed by atoms with Gasteiger partial charge >= 0.3 is 6.18 Å². The van der Waals surface area contributed by atoms with Gasteiger partial charge in [-0.2, -0.15) is 13.2 Å². The molecule has 1 heterocycles. The number of nitrogens with one attached hydrogen (secondary N) is 1. The zero-order chi connectivity index (χ0) is 14.1. The van der Waals surface area contributed by atoms with Crippen LogP contribution in [0, 0.1) is 5.82 Å². The molecule has 0 bridgehead atoms. The first-order chi connectivity index (χ1) is 8.86. The second kappa shape index (κ2) is 5.12. The van der Waals surface area contributed by atoms with Gasteiger partial charge < -0.3 is 5.32 Å². The predicted molar refractivity (Wildman–Crippen MR) is 65.4 cm³/mol. The van der Waals surface area contributed by atoms with Gasteiger partial charge in [-0.25, -0.2) is 4.39 Å². The third-order valence-electron chi connectivity index (χ3n) is 3.92. The summed E-state index contributed by atoms with van der Waals surface area (Å²) in [6.45, 7) is 2.80. The molecule has 0 spiro atoms. The van der Waals surface area contributed by atoms with Gasteiger partial charge in [0.2, 0.25) is 0 Å². The molecular formula is C14H17F4N. The van der Waals surface area contributed by atoms with Crippen molar-refractivity contribution in [1.82, 2.24) is 5.32 Å². The van der Waals surface area contributed by atoms with Gasteiger partial charge in [-0.05, 0) is 49.9 Å². The van der Waals surface area contributed by atoms with Gasteiger partial charge in [-0.1, -0.05) is 13.0 Å². The predicted octanol–water partition coefficient (Wildman–Crippen LogP) is 3.92. The Hall–Kier alpha value is -1.10. The summed E-state index contributed by atoms with van der Waals surface area (Å²) in [6.07, 6.45) is -1.63. The highest BCUT2D eigenvalue weighted by molar-refractivity contribution is 5.32. The Morgan fingerprint density at radius 1 is 1.32 bits per heavy atom. The van der Waals surface area contributed by atoms with Crippen LogP contribution in [-0.2, 0) is 12.6 Å². The molecule has 1 N–H and O–H groups in total. The fourth-order valence-corrected chi connectivity index (χ4v) is 2.78. The summed E-state index contributed by atoms with van der Waals surface area (Å²) in [7, 11) is 0. The molecule has 1 unspecified atom stereocenters. The molecule has 1 aliphatic heterocycles. The lowest BCUT2D eigenvalue weighted by Crippen LogP contribution is -2.41. The Morgan fingerprint density at radius 2 is 2.05 bits per heavy atom. The van der Waals surface area contributed by atoms with Crippen LogP contribution < -0.4 is 5.32 Å². The van der Waals surface area contributed by atoms with E-state index in [4.69, 9.17) is 0 Å². The molecule has 1 aromatic carbocycles. The van der Waals surface area contributed by atoms with Crippen LogP contribution in [0.25, 0.3) is 0 Å². The Kier molecular flexibility index (Phi) is 3.85. The Bertz CT molecular complexity index is 447. The smallest absolute Gasteiger partial charge is 0.311 e. The van der Waals surface area contributed by atoms with Gasteiger partial charge in [0.15, 0.2) is 0 Å². The molecule has 1 nitrogen and oxygen atoms in total. The first-order valence-electron chi connectivity index (χ1n) is 6.47. The second-order valence-corrected chi connectivity index (χ2v) is 5.14. The van der Waals surface area contributed by atoms with Crippen LogP contribution in [0.4, 0.5) is 17.6 Å². The number of benzene rings is 1. The minimum Gasteiger partial charge on any atom is -0.311 e. The Morgan fingerprint density at radius 3 is 2.58 bits per heavy atom. The maximum atomic E-state index is 13.1. The van der Waals surface area contributed by atoms with Gasteiger partial charge in [0.05, 0.1) is 5.56 Å². The molecule has 0 amide bonds. The molecule has 5 heteroatoms. The zero-order valence-electron chi connectivity index (χ0n) is 10.8. The summed E-state index contributed by atoms with van der Waals surface area (Å²) < 4.78 is 51.9. The number of hydrogen-bond donors (Lipinski definition) is 1. The summed E-state index contributed by atoms with van der Waals surface area (Å²) in [6, 6.07) is 2.95. The van der Waals surface area contributed by atoms with Crippen LogP contribution in [0.1, 0.15) is 37.3 Å². The summed E-state index contributed by atoms with van der Waals surface area (Å²) in [5.74, 6) is -0.846. The lowest BCUT2D eigenvalue weighted by Gasteiger charge is -2.29. The van der Waals surface area contributed by atoms with E-state index in [-0.39, 0.29) is 11.1 Å². The molecule has 0 radical (unpaired) electrons. The zero-order valence-corrected chi connectivity index (χ0v) is 10.8. The largest absolute Gasteiger partial charge is 0.416 e. The molecule has 1 aromatic rings. The molecular weight excluding hydrogens is 258 g/mol. The van der Waals surface area contributed by atoms with E-state index in [9.17, 15) is 17.6 Å². The topological polar surface area (TPSA) is 12.0 Å². The quantitative estimate of drug-likeness (QED) is 0.824. The number of rotatable bonds is 3. The van der Waals surface area contributed by atoms with E-state index < -0.39 is 17.6 Å². The Labute approximate surface area is 110 Å². The SMILES string of the molecule is CCC1(Cc2ccc(F)cc2C(F)(F)F)CCCN1. The van der Waals surface area contributed by atoms with Crippen LogP contribution >= 0.6 is 0 Å². The molecule has 1 atom stereocenters. The summed E-state index contributed by atoms with van der Waals surface area (Å²) >= 11 is 0. The van der Waals surface area contributed by atoms with Crippen LogP contribution in [0.3, 0.4) is 0 Å². The van der Waals surface area contributed by atoms with Crippen molar-refractivity contribution in [2.24, 2.45) is 0 Å². The molecule has 1 saturated heterocycles. The van der Waals surface area contributed by atoms with Crippen LogP contribution in [0.5, 0.6) is 0 Å². The normalized spacial score (nSPS) is 23.8. The maximum absolute atomic E-state index is 13.1. The standard InChI is InChI=1S/C14H17F4N/c1-2-13(6-3-7-19-13)9-10-4-5-11(15)8-12(10)14(16,17)18/h4-5,8,19H,2-3,6-7,9H2,1H3. The minimum absolute atomic E-state index is 0.171. The Balaban J connectivity index is 2.34. The average Bonchev–Trinajstić information content (AvgIpc) is 2.79. The first-order valence-corrected chi connectivity index (χ1v) is 6.47. The minimum atomic E-state index is -4.51. The van der Waals surface area contributed by atoms with Gasteiger partial charge in [0.1, 0.15) is 5.82 Å². The third-order valence-corrected chi connectivity index (χ3v) is 3.92. The van der Waals surface area contributed by atoms with Crippen LogP contribution in [-0.4, -0.2) is 12.1 Å². The lowest BCUT2D eigenvalue weighted by atomic mass is 9.85. The van der Waals surface area contributed by atoms with E-state index >= 15 is 0 Å². The van der Waals surface area contributed by atoms with Crippen LogP contribution in [0.2, 0.25) is 0 Å². The average molecular weight is 275 g/mol. The molecule has 2 rings (SSSR count). The van der Waals surface area contributed by atoms with Gasteiger partial charge in [0, 0.05) is 5.54 Å². The van der Waals surface area contributed by atoms with Crippen molar-refractivity contribution in [1.29, 1.82) is 0 Å². The van der Waals surface area contributed by atoms with E-state index in [0.29, 0.717) is 12.5 Å². The van der Waals surface area contributed by atoms with E-state index in [0.717, 1.165) is 31.9 Å². The van der Waals surface area contributed by atoms with Crippen molar-refractivity contribution in [2.75, 3.05) is 6.54 Å². The second-order valence-electron chi connectivity index (χ2n) is 5.14. The van der Waals surface area contributed by atoms with Crippen LogP contribution in [0.15, 0.2) is 18.2 Å². The van der Waals surface area contributed by atoms with Crippen molar-refractivity contribution >= 4 is 0 Å². The lowest BCUT2D eigenvalue weighted by molar-refractivity contribution is -0.138. The molecule has 0 aliphatic carbocycles. The molecule has 1 fully saturated rings. The highest BCUT2D eigenvalue weighted by atomic mass is 19.4. The molecule has 19 heavy (non-hydrogen) atoms. The summed E-state index contributed by atoms with van der Waals surface area (Å²) in [5, 5.41) is 3.30. The van der Waals surface area contributed by atoms with Crippen molar-refractivity contribution in [3.63, 3.8) is 0 Å². The van der Waals surface area contributed by atoms with E-state index in [1.165, 1.54) is 6.07 Å². The van der Waals surface area contributed by atoms with Gasteiger partial charge in [-0.3, -0.25) is 0 Å². The molecule has 1 aliphatic rings. The monoisotopic (exact) mass is 275 g/mol. The summed E-state index contributed by atoms with van der Waals surface area (Å²) in [4.78, 5) is 0. The van der Waals surface area contributed by atoms with Gasteiger partial charge in [-0.15, -0.1) is 0 Å². The summed E-state index contributed by atoms with van der Waals surface area (Å²) in [5.41, 5.74) is -0.961. The maximum Gasteiger partial charge on any atom is 0.416 e. The van der Waals surface area contributed by atoms with E-state index in [1.54, 1.807) is 0 Å². The number of alkyl halides is 3. The van der Waals surface area contributed by atoms with Crippen molar-refractivity contribution < 1.29 is 17.6 Å². The number of halogens is 4. The fourth-order valence-electron chi connectivity index (χ4n) is 2.78. The van der Waals surface area contributed by atoms with E-state index in [1.807, 2.05) is 6.92 Å². The van der Waals surface area contributed by atoms with Crippen molar-refractivity contribution in [3.8, 4) is 0 Å². The highest BCUT2D eigenvalue weighted by Crippen LogP contribution is 2.36. The molecule has 0 aromatic heterocycles. The van der Waals surface area contributed by atoms with Gasteiger partial charge in [0.25, 0.3) is 0 Å². The highest BCUT2D eigenvalue weighted by Gasteiger charge is 2.38. The first kappa shape index (κ1) is 14.3. The molecule has 106 valence electrons. The third kappa shape index (κ3) is 3.08. The number of hydrogen-bond acceptors (Lipinski definition) is 1. The fraction of sp³-hybridized carbons (Fsp3) is 0.571. The van der Waals surface area contributed by atoms with Crippen molar-refractivity contribution in [3.05, 3.63) is 35.1 Å². The van der Waals surface area contributed by atoms with E-state index in [2.05, 4.69) is 5.32 Å².